The van der Waals surface area contributed by atoms with E-state index >= 15 is 0 Å². The van der Waals surface area contributed by atoms with Gasteiger partial charge in [-0.05, 0) is 82.4 Å². The third-order valence-corrected chi connectivity index (χ3v) is 7.05. The summed E-state index contributed by atoms with van der Waals surface area (Å²) in [5, 5.41) is 0. The quantitative estimate of drug-likeness (QED) is 0.315. The van der Waals surface area contributed by atoms with E-state index in [0.717, 1.165) is 72.3 Å². The van der Waals surface area contributed by atoms with Crippen LogP contribution in [0, 0.1) is 0 Å². The molecule has 186 valence electrons. The van der Waals surface area contributed by atoms with Gasteiger partial charge in [0.2, 0.25) is 0 Å². The number of aryl methyl sites for hydroxylation is 1. The van der Waals surface area contributed by atoms with Crippen molar-refractivity contribution >= 4 is 17.2 Å². The van der Waals surface area contributed by atoms with Crippen molar-refractivity contribution in [1.82, 2.24) is 4.90 Å². The Kier molecular flexibility index (Phi) is 7.10. The van der Waals surface area contributed by atoms with Crippen LogP contribution in [-0.4, -0.2) is 31.2 Å². The number of hydrogen-bond acceptors (Lipinski definition) is 1. The van der Waals surface area contributed by atoms with E-state index in [-0.39, 0.29) is 6.67 Å². The third-order valence-electron chi connectivity index (χ3n) is 7.05. The van der Waals surface area contributed by atoms with Gasteiger partial charge in [0, 0.05) is 19.6 Å². The van der Waals surface area contributed by atoms with Gasteiger partial charge in [-0.1, -0.05) is 66.7 Å². The topological polar surface area (TPSA) is 3.24 Å². The summed E-state index contributed by atoms with van der Waals surface area (Å²) in [7, 11) is 0. The van der Waals surface area contributed by atoms with Gasteiger partial charge in [0.05, 0.1) is 12.2 Å². The standard InChI is InChI=1S/C31H29F4N/c32-17-4-18-36-20-23(21-36)19-22-9-11-26(12-10-22)30-28-7-2-1-5-24(28)6-3-8-29(30)25-13-15-27(16-14-25)31(33,34)35/h1-2,5,7,9-16,19H,3-4,6,8,17-18,20-21H2. The molecular formula is C31H29F4N. The highest BCUT2D eigenvalue weighted by atomic mass is 19.4. The van der Waals surface area contributed by atoms with E-state index < -0.39 is 11.7 Å². The van der Waals surface area contributed by atoms with E-state index in [9.17, 15) is 17.6 Å². The number of allylic oxidation sites excluding steroid dienone is 1. The van der Waals surface area contributed by atoms with Crippen molar-refractivity contribution in [2.24, 2.45) is 0 Å². The average molecular weight is 492 g/mol. The number of fused-ring (bicyclic) bond motifs is 1. The van der Waals surface area contributed by atoms with Crippen LogP contribution in [0.3, 0.4) is 0 Å². The second kappa shape index (κ2) is 10.4. The Balaban J connectivity index is 1.49. The van der Waals surface area contributed by atoms with Gasteiger partial charge in [0.25, 0.3) is 0 Å². The molecule has 36 heavy (non-hydrogen) atoms. The molecule has 0 bridgehead atoms. The van der Waals surface area contributed by atoms with Crippen LogP contribution in [0.2, 0.25) is 0 Å². The summed E-state index contributed by atoms with van der Waals surface area (Å²) in [5.41, 5.74) is 8.35. The first-order chi connectivity index (χ1) is 17.4. The van der Waals surface area contributed by atoms with Gasteiger partial charge in [0.1, 0.15) is 0 Å². The van der Waals surface area contributed by atoms with Crippen molar-refractivity contribution in [3.05, 3.63) is 112 Å². The lowest BCUT2D eigenvalue weighted by atomic mass is 9.87. The van der Waals surface area contributed by atoms with Crippen molar-refractivity contribution in [3.8, 4) is 0 Å². The zero-order valence-corrected chi connectivity index (χ0v) is 20.1. The summed E-state index contributed by atoms with van der Waals surface area (Å²) >= 11 is 0. The summed E-state index contributed by atoms with van der Waals surface area (Å²) < 4.78 is 51.9. The molecular weight excluding hydrogens is 462 g/mol. The maximum atomic E-state index is 13.2. The molecule has 3 aromatic carbocycles. The first kappa shape index (κ1) is 24.5. The van der Waals surface area contributed by atoms with Crippen LogP contribution in [0.1, 0.15) is 52.6 Å². The zero-order chi connectivity index (χ0) is 25.1. The lowest BCUT2D eigenvalue weighted by molar-refractivity contribution is -0.137. The SMILES string of the molecule is FCCCN1CC(=Cc2ccc(C3=C(c4ccc(C(F)(F)F)cc4)CCCc4ccccc43)cc2)C1. The fraction of sp³-hybridized carbons (Fsp3) is 0.290. The van der Waals surface area contributed by atoms with Crippen molar-refractivity contribution < 1.29 is 17.6 Å². The number of alkyl halides is 4. The van der Waals surface area contributed by atoms with Gasteiger partial charge in [-0.3, -0.25) is 9.29 Å². The van der Waals surface area contributed by atoms with Crippen molar-refractivity contribution in [2.45, 2.75) is 31.9 Å². The minimum Gasteiger partial charge on any atom is -0.295 e. The first-order valence-electron chi connectivity index (χ1n) is 12.5. The van der Waals surface area contributed by atoms with Gasteiger partial charge in [-0.25, -0.2) is 0 Å². The molecule has 1 nitrogen and oxygen atoms in total. The summed E-state index contributed by atoms with van der Waals surface area (Å²) in [4.78, 5) is 2.24. The molecule has 0 N–H and O–H groups in total. The van der Waals surface area contributed by atoms with E-state index in [4.69, 9.17) is 0 Å². The molecule has 0 aromatic heterocycles. The molecule has 1 fully saturated rings. The average Bonchev–Trinajstić information content (AvgIpc) is 3.05. The van der Waals surface area contributed by atoms with E-state index in [1.54, 1.807) is 12.1 Å². The Hall–Kier alpha value is -3.18. The van der Waals surface area contributed by atoms with Gasteiger partial charge < -0.3 is 0 Å². The molecule has 0 atom stereocenters. The summed E-state index contributed by atoms with van der Waals surface area (Å²) in [6.45, 7) is 2.30. The molecule has 1 aliphatic heterocycles. The van der Waals surface area contributed by atoms with Gasteiger partial charge in [-0.15, -0.1) is 0 Å². The Bertz CT molecular complexity index is 1260. The summed E-state index contributed by atoms with van der Waals surface area (Å²) in [6, 6.07) is 22.4. The smallest absolute Gasteiger partial charge is 0.295 e. The summed E-state index contributed by atoms with van der Waals surface area (Å²) in [5.74, 6) is 0. The number of hydrogen-bond donors (Lipinski definition) is 0. The number of likely N-dealkylation sites (tertiary alicyclic amines) is 1. The van der Waals surface area contributed by atoms with E-state index in [1.165, 1.54) is 23.3 Å². The summed E-state index contributed by atoms with van der Waals surface area (Å²) in [6.07, 6.45) is 1.12. The number of nitrogens with zero attached hydrogens (tertiary/aromatic N) is 1. The van der Waals surface area contributed by atoms with Gasteiger partial charge in [0.15, 0.2) is 0 Å². The first-order valence-corrected chi connectivity index (χ1v) is 12.5. The maximum absolute atomic E-state index is 13.2. The monoisotopic (exact) mass is 491 g/mol. The largest absolute Gasteiger partial charge is 0.416 e. The maximum Gasteiger partial charge on any atom is 0.416 e. The molecule has 0 radical (unpaired) electrons. The van der Waals surface area contributed by atoms with Crippen LogP contribution in [0.25, 0.3) is 17.2 Å². The molecule has 2 aliphatic rings. The molecule has 0 spiro atoms. The van der Waals surface area contributed by atoms with Crippen molar-refractivity contribution in [1.29, 1.82) is 0 Å². The number of benzene rings is 3. The Morgan fingerprint density at radius 3 is 2.19 bits per heavy atom. The third kappa shape index (κ3) is 5.31. The Labute approximate surface area is 209 Å². The molecule has 1 aliphatic carbocycles. The highest BCUT2D eigenvalue weighted by Gasteiger charge is 2.30. The highest BCUT2D eigenvalue weighted by Crippen LogP contribution is 2.40. The van der Waals surface area contributed by atoms with Crippen LogP contribution >= 0.6 is 0 Å². The fourth-order valence-corrected chi connectivity index (χ4v) is 5.25. The number of halogens is 4. The predicted octanol–water partition coefficient (Wildman–Crippen LogP) is 8.06. The second-order valence-corrected chi connectivity index (χ2v) is 9.62. The predicted molar refractivity (Wildman–Crippen MR) is 138 cm³/mol. The van der Waals surface area contributed by atoms with Crippen LogP contribution in [0.4, 0.5) is 17.6 Å². The van der Waals surface area contributed by atoms with E-state index in [2.05, 4.69) is 47.4 Å². The lowest BCUT2D eigenvalue weighted by Gasteiger charge is -2.33. The molecule has 1 saturated heterocycles. The van der Waals surface area contributed by atoms with E-state index in [0.29, 0.717) is 6.42 Å². The lowest BCUT2D eigenvalue weighted by Crippen LogP contribution is -2.40. The van der Waals surface area contributed by atoms with E-state index in [1.807, 2.05) is 12.1 Å². The zero-order valence-electron chi connectivity index (χ0n) is 20.1. The minimum atomic E-state index is -4.35. The molecule has 0 unspecified atom stereocenters. The van der Waals surface area contributed by atoms with Crippen LogP contribution in [0.5, 0.6) is 0 Å². The Morgan fingerprint density at radius 2 is 1.50 bits per heavy atom. The second-order valence-electron chi connectivity index (χ2n) is 9.62. The molecule has 3 aromatic rings. The molecule has 1 heterocycles. The fourth-order valence-electron chi connectivity index (χ4n) is 5.25. The molecule has 0 amide bonds. The van der Waals surface area contributed by atoms with Gasteiger partial charge in [-0.2, -0.15) is 13.2 Å². The van der Waals surface area contributed by atoms with Crippen LogP contribution in [0.15, 0.2) is 78.4 Å². The van der Waals surface area contributed by atoms with Crippen LogP contribution in [-0.2, 0) is 12.6 Å². The molecule has 5 heteroatoms. The molecule has 0 saturated carbocycles. The Morgan fingerprint density at radius 1 is 0.806 bits per heavy atom. The highest BCUT2D eigenvalue weighted by molar-refractivity contribution is 6.00. The normalized spacial score (nSPS) is 16.4. The van der Waals surface area contributed by atoms with Crippen LogP contribution < -0.4 is 0 Å². The van der Waals surface area contributed by atoms with Crippen molar-refractivity contribution in [2.75, 3.05) is 26.3 Å². The minimum absolute atomic E-state index is 0.273. The molecule has 5 rings (SSSR count). The van der Waals surface area contributed by atoms with Gasteiger partial charge >= 0.3 is 6.18 Å². The number of rotatable bonds is 6. The van der Waals surface area contributed by atoms with Crippen molar-refractivity contribution in [3.63, 3.8) is 0 Å².